The maximum absolute atomic E-state index is 12.8. The van der Waals surface area contributed by atoms with E-state index in [0.29, 0.717) is 0 Å². The summed E-state index contributed by atoms with van der Waals surface area (Å²) < 4.78 is 12.8. The summed E-state index contributed by atoms with van der Waals surface area (Å²) in [5.74, 6) is -2.33. The Morgan fingerprint density at radius 3 is 2.58 bits per heavy atom. The van der Waals surface area contributed by atoms with E-state index in [-0.39, 0.29) is 10.7 Å². The molecule has 0 saturated heterocycles. The molecule has 12 heavy (non-hydrogen) atoms. The summed E-state index contributed by atoms with van der Waals surface area (Å²) in [5.41, 5.74) is 4.76. The number of carboxylic acids is 1. The number of aromatic carboxylic acids is 1. The van der Waals surface area contributed by atoms with Crippen molar-refractivity contribution in [3.8, 4) is 0 Å². The van der Waals surface area contributed by atoms with Crippen molar-refractivity contribution in [2.75, 3.05) is 5.73 Å². The molecule has 0 bridgehead atoms. The number of carbonyl (C=O) groups is 1. The molecule has 1 aromatic carbocycles. The van der Waals surface area contributed by atoms with Gasteiger partial charge in [0, 0.05) is 5.69 Å². The first-order valence-electron chi connectivity index (χ1n) is 3.00. The van der Waals surface area contributed by atoms with Gasteiger partial charge in [0.05, 0.1) is 5.02 Å². The van der Waals surface area contributed by atoms with Crippen LogP contribution in [0.15, 0.2) is 12.1 Å². The fourth-order valence-corrected chi connectivity index (χ4v) is 1.09. The van der Waals surface area contributed by atoms with Gasteiger partial charge in [0.2, 0.25) is 0 Å². The zero-order valence-corrected chi connectivity index (χ0v) is 6.60. The smallest absolute Gasteiger partial charge is 0.340 e. The van der Waals surface area contributed by atoms with Crippen molar-refractivity contribution >= 4 is 23.3 Å². The van der Waals surface area contributed by atoms with Gasteiger partial charge in [-0.2, -0.15) is 0 Å². The quantitative estimate of drug-likeness (QED) is 0.662. The minimum absolute atomic E-state index is 0.0995. The lowest BCUT2D eigenvalue weighted by Crippen LogP contribution is -2.02. The summed E-state index contributed by atoms with van der Waals surface area (Å²) in [7, 11) is 0. The van der Waals surface area contributed by atoms with E-state index in [0.717, 1.165) is 6.07 Å². The number of carboxylic acid groups (broad SMARTS) is 1. The number of anilines is 1. The first-order valence-corrected chi connectivity index (χ1v) is 3.38. The van der Waals surface area contributed by atoms with Crippen molar-refractivity contribution < 1.29 is 14.3 Å². The first kappa shape index (κ1) is 8.80. The van der Waals surface area contributed by atoms with E-state index in [2.05, 4.69) is 0 Å². The maximum atomic E-state index is 12.8. The van der Waals surface area contributed by atoms with Gasteiger partial charge in [-0.25, -0.2) is 9.18 Å². The van der Waals surface area contributed by atoms with Gasteiger partial charge in [-0.05, 0) is 12.1 Å². The van der Waals surface area contributed by atoms with Crippen LogP contribution in [0, 0.1) is 5.82 Å². The molecular weight excluding hydrogens is 185 g/mol. The van der Waals surface area contributed by atoms with Crippen molar-refractivity contribution in [3.63, 3.8) is 0 Å². The molecule has 0 spiro atoms. The number of halogens is 2. The van der Waals surface area contributed by atoms with Crippen molar-refractivity contribution in [2.24, 2.45) is 0 Å². The van der Waals surface area contributed by atoms with Crippen LogP contribution in [0.5, 0.6) is 0 Å². The van der Waals surface area contributed by atoms with Crippen LogP contribution >= 0.6 is 11.6 Å². The van der Waals surface area contributed by atoms with Gasteiger partial charge < -0.3 is 10.8 Å². The molecular formula is C7H5ClFNO2. The van der Waals surface area contributed by atoms with Crippen molar-refractivity contribution in [1.29, 1.82) is 0 Å². The number of nitrogen functional groups attached to an aromatic ring is 1. The molecule has 0 amide bonds. The van der Waals surface area contributed by atoms with Crippen LogP contribution in [-0.2, 0) is 0 Å². The Kier molecular flexibility index (Phi) is 2.19. The molecule has 0 atom stereocenters. The lowest BCUT2D eigenvalue weighted by Gasteiger charge is -2.01. The Morgan fingerprint density at radius 2 is 2.17 bits per heavy atom. The molecule has 3 N–H and O–H groups in total. The molecule has 64 valence electrons. The highest BCUT2D eigenvalue weighted by Crippen LogP contribution is 2.22. The predicted octanol–water partition coefficient (Wildman–Crippen LogP) is 1.76. The topological polar surface area (TPSA) is 63.3 Å². The van der Waals surface area contributed by atoms with E-state index in [4.69, 9.17) is 22.4 Å². The lowest BCUT2D eigenvalue weighted by atomic mass is 10.2. The Hall–Kier alpha value is -1.29. The van der Waals surface area contributed by atoms with E-state index in [9.17, 15) is 9.18 Å². The standard InChI is InChI=1S/C7H5ClFNO2/c8-4-1-3(10)2-5(9)6(4)7(11)12/h1-2H,10H2,(H,11,12). The third kappa shape index (κ3) is 1.48. The zero-order valence-electron chi connectivity index (χ0n) is 5.84. The molecule has 3 nitrogen and oxygen atoms in total. The lowest BCUT2D eigenvalue weighted by molar-refractivity contribution is 0.0692. The van der Waals surface area contributed by atoms with Crippen LogP contribution in [0.1, 0.15) is 10.4 Å². The highest BCUT2D eigenvalue weighted by molar-refractivity contribution is 6.33. The molecule has 0 heterocycles. The monoisotopic (exact) mass is 189 g/mol. The van der Waals surface area contributed by atoms with Crippen LogP contribution in [0.4, 0.5) is 10.1 Å². The molecule has 0 unspecified atom stereocenters. The predicted molar refractivity (Wildman–Crippen MR) is 42.8 cm³/mol. The minimum atomic E-state index is -1.41. The molecule has 0 aromatic heterocycles. The SMILES string of the molecule is Nc1cc(F)c(C(=O)O)c(Cl)c1. The van der Waals surface area contributed by atoms with Gasteiger partial charge >= 0.3 is 5.97 Å². The molecule has 0 aliphatic carbocycles. The highest BCUT2D eigenvalue weighted by Gasteiger charge is 2.15. The Bertz CT molecular complexity index is 317. The maximum Gasteiger partial charge on any atom is 0.340 e. The van der Waals surface area contributed by atoms with E-state index in [1.165, 1.54) is 6.07 Å². The molecule has 5 heteroatoms. The minimum Gasteiger partial charge on any atom is -0.478 e. The molecule has 1 aromatic rings. The van der Waals surface area contributed by atoms with E-state index < -0.39 is 17.3 Å². The summed E-state index contributed by atoms with van der Waals surface area (Å²) in [6, 6.07) is 2.10. The normalized spacial score (nSPS) is 9.83. The number of benzene rings is 1. The Morgan fingerprint density at radius 1 is 1.58 bits per heavy atom. The molecule has 0 saturated carbocycles. The van der Waals surface area contributed by atoms with Gasteiger partial charge in [-0.3, -0.25) is 0 Å². The number of hydrogen-bond donors (Lipinski definition) is 2. The average molecular weight is 190 g/mol. The summed E-state index contributed by atoms with van der Waals surface area (Å²) in [6.45, 7) is 0. The van der Waals surface area contributed by atoms with E-state index >= 15 is 0 Å². The zero-order chi connectivity index (χ0) is 9.30. The number of hydrogen-bond acceptors (Lipinski definition) is 2. The second kappa shape index (κ2) is 2.98. The van der Waals surface area contributed by atoms with Gasteiger partial charge in [0.15, 0.2) is 0 Å². The summed E-state index contributed by atoms with van der Waals surface area (Å²) in [4.78, 5) is 10.4. The average Bonchev–Trinajstić information content (AvgIpc) is 1.82. The highest BCUT2D eigenvalue weighted by atomic mass is 35.5. The summed E-state index contributed by atoms with van der Waals surface area (Å²) >= 11 is 5.43. The number of rotatable bonds is 1. The molecule has 0 radical (unpaired) electrons. The third-order valence-corrected chi connectivity index (χ3v) is 1.58. The van der Waals surface area contributed by atoms with Gasteiger partial charge in [-0.1, -0.05) is 11.6 Å². The van der Waals surface area contributed by atoms with E-state index in [1.807, 2.05) is 0 Å². The summed E-state index contributed by atoms with van der Waals surface area (Å²) in [6.07, 6.45) is 0. The summed E-state index contributed by atoms with van der Waals surface area (Å²) in [5, 5.41) is 8.28. The molecule has 1 rings (SSSR count). The fourth-order valence-electron chi connectivity index (χ4n) is 0.797. The van der Waals surface area contributed by atoms with Crippen LogP contribution in [0.25, 0.3) is 0 Å². The van der Waals surface area contributed by atoms with Crippen LogP contribution in [-0.4, -0.2) is 11.1 Å². The Labute approximate surface area is 72.6 Å². The second-order valence-electron chi connectivity index (χ2n) is 2.16. The van der Waals surface area contributed by atoms with Crippen LogP contribution < -0.4 is 5.73 Å². The van der Waals surface area contributed by atoms with E-state index in [1.54, 1.807) is 0 Å². The largest absolute Gasteiger partial charge is 0.478 e. The van der Waals surface area contributed by atoms with Gasteiger partial charge in [0.25, 0.3) is 0 Å². The van der Waals surface area contributed by atoms with Gasteiger partial charge in [-0.15, -0.1) is 0 Å². The van der Waals surface area contributed by atoms with Crippen molar-refractivity contribution in [2.45, 2.75) is 0 Å². The molecule has 0 aliphatic rings. The fraction of sp³-hybridized carbons (Fsp3) is 0. The van der Waals surface area contributed by atoms with Crippen molar-refractivity contribution in [1.82, 2.24) is 0 Å². The molecule has 0 aliphatic heterocycles. The second-order valence-corrected chi connectivity index (χ2v) is 2.57. The molecule has 0 fully saturated rings. The third-order valence-electron chi connectivity index (χ3n) is 1.28. The first-order chi connectivity index (χ1) is 5.52. The van der Waals surface area contributed by atoms with Gasteiger partial charge in [0.1, 0.15) is 11.4 Å². The van der Waals surface area contributed by atoms with Crippen molar-refractivity contribution in [3.05, 3.63) is 28.5 Å². The Balaban J connectivity index is 3.38. The number of nitrogens with two attached hydrogens (primary N) is 1. The van der Waals surface area contributed by atoms with Crippen LogP contribution in [0.3, 0.4) is 0 Å². The van der Waals surface area contributed by atoms with Crippen LogP contribution in [0.2, 0.25) is 5.02 Å².